The molecular weight excluding hydrogens is 252 g/mol. The zero-order valence-electron chi connectivity index (χ0n) is 10.8. The van der Waals surface area contributed by atoms with E-state index < -0.39 is 0 Å². The first-order valence-electron chi connectivity index (χ1n) is 6.27. The minimum absolute atomic E-state index is 0.0176. The fourth-order valence-electron chi connectivity index (χ4n) is 2.18. The minimum atomic E-state index is -0.0176. The van der Waals surface area contributed by atoms with Gasteiger partial charge in [-0.1, -0.05) is 18.2 Å². The van der Waals surface area contributed by atoms with Crippen LogP contribution in [-0.4, -0.2) is 9.55 Å². The van der Waals surface area contributed by atoms with Crippen LogP contribution in [0.25, 0.3) is 10.8 Å². The molecule has 1 aromatic carbocycles. The summed E-state index contributed by atoms with van der Waals surface area (Å²) >= 11 is 0. The number of benzene rings is 1. The molecule has 0 aliphatic carbocycles. The molecule has 0 bridgehead atoms. The van der Waals surface area contributed by atoms with Crippen molar-refractivity contribution < 1.29 is 0 Å². The van der Waals surface area contributed by atoms with E-state index in [2.05, 4.69) is 10.4 Å². The summed E-state index contributed by atoms with van der Waals surface area (Å²) < 4.78 is 1.64. The molecule has 20 heavy (non-hydrogen) atoms. The maximum Gasteiger partial charge on any atom is 0.258 e. The number of rotatable bonds is 3. The van der Waals surface area contributed by atoms with Gasteiger partial charge in [0.25, 0.3) is 5.56 Å². The predicted molar refractivity (Wildman–Crippen MR) is 79.4 cm³/mol. The Balaban J connectivity index is 2.02. The van der Waals surface area contributed by atoms with Crippen molar-refractivity contribution in [1.82, 2.24) is 9.55 Å². The number of hydrogen-bond acceptors (Lipinski definition) is 4. The lowest BCUT2D eigenvalue weighted by molar-refractivity contribution is 0.747. The number of fused-ring (bicyclic) bond motifs is 1. The Hall–Kier alpha value is -2.66. The second-order valence-corrected chi connectivity index (χ2v) is 4.52. The Kier molecular flexibility index (Phi) is 3.18. The van der Waals surface area contributed by atoms with Crippen molar-refractivity contribution in [2.45, 2.75) is 6.54 Å². The Morgan fingerprint density at radius 1 is 1.20 bits per heavy atom. The van der Waals surface area contributed by atoms with Gasteiger partial charge in [0.2, 0.25) is 0 Å². The van der Waals surface area contributed by atoms with Crippen LogP contribution in [-0.2, 0) is 6.54 Å². The van der Waals surface area contributed by atoms with Crippen LogP contribution in [0.15, 0.2) is 59.7 Å². The zero-order chi connectivity index (χ0) is 13.9. The number of nitrogen functional groups attached to an aromatic ring is 1. The van der Waals surface area contributed by atoms with Crippen LogP contribution in [0, 0.1) is 0 Å². The van der Waals surface area contributed by atoms with Gasteiger partial charge in [-0.2, -0.15) is 0 Å². The van der Waals surface area contributed by atoms with E-state index in [9.17, 15) is 4.79 Å². The van der Waals surface area contributed by atoms with Crippen LogP contribution in [0.2, 0.25) is 0 Å². The van der Waals surface area contributed by atoms with E-state index in [1.165, 1.54) is 0 Å². The standard InChI is InChI=1S/C15H14N4O/c16-18-12-5-7-17-13(9-12)10-19-8-6-11-3-1-2-4-14(11)15(19)20/h1-9H,10,16H2,(H,17,18). The Labute approximate surface area is 115 Å². The largest absolute Gasteiger partial charge is 0.324 e. The minimum Gasteiger partial charge on any atom is -0.324 e. The topological polar surface area (TPSA) is 72.9 Å². The van der Waals surface area contributed by atoms with Crippen LogP contribution in [0.3, 0.4) is 0 Å². The third-order valence-electron chi connectivity index (χ3n) is 3.20. The summed E-state index contributed by atoms with van der Waals surface area (Å²) in [6.07, 6.45) is 3.45. The number of hydrazine groups is 1. The van der Waals surface area contributed by atoms with Crippen LogP contribution in [0.4, 0.5) is 5.69 Å². The van der Waals surface area contributed by atoms with Gasteiger partial charge in [0, 0.05) is 17.8 Å². The predicted octanol–water partition coefficient (Wildman–Crippen LogP) is 1.73. The van der Waals surface area contributed by atoms with Crippen LogP contribution in [0.5, 0.6) is 0 Å². The van der Waals surface area contributed by atoms with Crippen molar-refractivity contribution >= 4 is 16.5 Å². The van der Waals surface area contributed by atoms with Gasteiger partial charge in [-0.25, -0.2) is 0 Å². The van der Waals surface area contributed by atoms with E-state index in [-0.39, 0.29) is 5.56 Å². The monoisotopic (exact) mass is 266 g/mol. The zero-order valence-corrected chi connectivity index (χ0v) is 10.8. The van der Waals surface area contributed by atoms with Gasteiger partial charge in [0.1, 0.15) is 0 Å². The molecule has 0 atom stereocenters. The fourth-order valence-corrected chi connectivity index (χ4v) is 2.18. The van der Waals surface area contributed by atoms with Gasteiger partial charge >= 0.3 is 0 Å². The van der Waals surface area contributed by atoms with Gasteiger partial charge in [0.15, 0.2) is 0 Å². The van der Waals surface area contributed by atoms with Gasteiger partial charge in [-0.05, 0) is 29.7 Å². The molecule has 0 saturated heterocycles. The van der Waals surface area contributed by atoms with E-state index in [4.69, 9.17) is 5.84 Å². The maximum absolute atomic E-state index is 12.4. The smallest absolute Gasteiger partial charge is 0.258 e. The number of pyridine rings is 2. The van der Waals surface area contributed by atoms with Crippen LogP contribution < -0.4 is 16.8 Å². The highest BCUT2D eigenvalue weighted by Crippen LogP contribution is 2.10. The van der Waals surface area contributed by atoms with Gasteiger partial charge in [0.05, 0.1) is 17.9 Å². The highest BCUT2D eigenvalue weighted by molar-refractivity contribution is 5.81. The summed E-state index contributed by atoms with van der Waals surface area (Å²) in [5, 5.41) is 1.65. The maximum atomic E-state index is 12.4. The van der Waals surface area contributed by atoms with Crippen molar-refractivity contribution in [3.05, 3.63) is 70.9 Å². The Morgan fingerprint density at radius 3 is 2.90 bits per heavy atom. The molecule has 0 unspecified atom stereocenters. The lowest BCUT2D eigenvalue weighted by atomic mass is 10.2. The summed E-state index contributed by atoms with van der Waals surface area (Å²) in [7, 11) is 0. The molecule has 0 saturated carbocycles. The molecule has 5 heteroatoms. The molecule has 0 amide bonds. The lowest BCUT2D eigenvalue weighted by Crippen LogP contribution is -2.20. The quantitative estimate of drug-likeness (QED) is 0.559. The van der Waals surface area contributed by atoms with Crippen molar-refractivity contribution in [3.63, 3.8) is 0 Å². The summed E-state index contributed by atoms with van der Waals surface area (Å²) in [6.45, 7) is 0.416. The van der Waals surface area contributed by atoms with Crippen molar-refractivity contribution in [2.75, 3.05) is 5.43 Å². The summed E-state index contributed by atoms with van der Waals surface area (Å²) in [5.41, 5.74) is 4.10. The molecule has 100 valence electrons. The van der Waals surface area contributed by atoms with Gasteiger partial charge in [-0.3, -0.25) is 15.6 Å². The van der Waals surface area contributed by atoms with Crippen molar-refractivity contribution in [1.29, 1.82) is 0 Å². The van der Waals surface area contributed by atoms with Crippen molar-refractivity contribution in [2.24, 2.45) is 5.84 Å². The molecule has 3 rings (SSSR count). The average Bonchev–Trinajstić information content (AvgIpc) is 2.50. The number of nitrogens with two attached hydrogens (primary N) is 1. The van der Waals surface area contributed by atoms with Crippen LogP contribution >= 0.6 is 0 Å². The number of hydrogen-bond donors (Lipinski definition) is 2. The molecule has 0 spiro atoms. The third kappa shape index (κ3) is 2.26. The molecule has 0 radical (unpaired) electrons. The van der Waals surface area contributed by atoms with E-state index in [0.29, 0.717) is 11.9 Å². The number of nitrogens with one attached hydrogen (secondary N) is 1. The molecule has 0 aliphatic heterocycles. The number of anilines is 1. The SMILES string of the molecule is NNc1ccnc(Cn2ccc3ccccc3c2=O)c1. The second-order valence-electron chi connectivity index (χ2n) is 4.52. The van der Waals surface area contributed by atoms with E-state index in [1.807, 2.05) is 36.4 Å². The van der Waals surface area contributed by atoms with Gasteiger partial charge in [-0.15, -0.1) is 0 Å². The van der Waals surface area contributed by atoms with E-state index >= 15 is 0 Å². The summed E-state index contributed by atoms with van der Waals surface area (Å²) in [5.74, 6) is 5.37. The van der Waals surface area contributed by atoms with Crippen molar-refractivity contribution in [3.8, 4) is 0 Å². The molecule has 0 aliphatic rings. The normalized spacial score (nSPS) is 10.7. The number of nitrogens with zero attached hydrogens (tertiary/aromatic N) is 2. The molecule has 2 heterocycles. The van der Waals surface area contributed by atoms with E-state index in [1.54, 1.807) is 23.0 Å². The molecule has 3 N–H and O–H groups in total. The highest BCUT2D eigenvalue weighted by atomic mass is 16.1. The Bertz CT molecular complexity index is 810. The molecule has 0 fully saturated rings. The molecule has 5 nitrogen and oxygen atoms in total. The lowest BCUT2D eigenvalue weighted by Gasteiger charge is -2.08. The molecular formula is C15H14N4O. The van der Waals surface area contributed by atoms with E-state index in [0.717, 1.165) is 16.8 Å². The molecule has 3 aromatic rings. The third-order valence-corrected chi connectivity index (χ3v) is 3.20. The summed E-state index contributed by atoms with van der Waals surface area (Å²) in [6, 6.07) is 13.1. The first-order chi connectivity index (χ1) is 9.78. The van der Waals surface area contributed by atoms with Gasteiger partial charge < -0.3 is 9.99 Å². The average molecular weight is 266 g/mol. The fraction of sp³-hybridized carbons (Fsp3) is 0.0667. The second kappa shape index (κ2) is 5.14. The highest BCUT2D eigenvalue weighted by Gasteiger charge is 2.04. The van der Waals surface area contributed by atoms with Crippen LogP contribution in [0.1, 0.15) is 5.69 Å². The first kappa shape index (κ1) is 12.4. The Morgan fingerprint density at radius 2 is 2.05 bits per heavy atom. The number of aromatic nitrogens is 2. The first-order valence-corrected chi connectivity index (χ1v) is 6.27. The summed E-state index contributed by atoms with van der Waals surface area (Å²) in [4.78, 5) is 16.6. The molecule has 2 aromatic heterocycles.